The number of nitrogens with zero attached hydrogens (tertiary/aromatic N) is 4. The van der Waals surface area contributed by atoms with Crippen molar-refractivity contribution in [2.45, 2.75) is 6.54 Å². The molecule has 7 heteroatoms. The largest absolute Gasteiger partial charge is 0.399 e. The third-order valence-corrected chi connectivity index (χ3v) is 4.81. The van der Waals surface area contributed by atoms with Crippen molar-refractivity contribution in [3.05, 3.63) is 60.3 Å². The van der Waals surface area contributed by atoms with Gasteiger partial charge < -0.3 is 15.5 Å². The number of rotatable bonds is 3. The van der Waals surface area contributed by atoms with Gasteiger partial charge in [0, 0.05) is 49.0 Å². The maximum absolute atomic E-state index is 12.6. The van der Waals surface area contributed by atoms with E-state index in [0.717, 1.165) is 10.9 Å². The van der Waals surface area contributed by atoms with Gasteiger partial charge in [-0.2, -0.15) is 5.10 Å². The van der Waals surface area contributed by atoms with Crippen molar-refractivity contribution in [2.24, 2.45) is 0 Å². The smallest absolute Gasteiger partial charge is 0.253 e. The Kier molecular flexibility index (Phi) is 4.50. The standard InChI is InChI=1S/C20H21N5O2/c21-17-6-7-18-16(12-17)13-25(22-18)14-19(26)23-8-10-24(11-9-23)20(27)15-4-2-1-3-5-15/h1-7,12-13H,8-11,14,21H2. The number of benzene rings is 2. The Balaban J connectivity index is 1.36. The van der Waals surface area contributed by atoms with E-state index in [-0.39, 0.29) is 18.4 Å². The van der Waals surface area contributed by atoms with Crippen molar-refractivity contribution in [2.75, 3.05) is 31.9 Å². The van der Waals surface area contributed by atoms with Crippen LogP contribution in [0.15, 0.2) is 54.7 Å². The fourth-order valence-corrected chi connectivity index (χ4v) is 3.34. The van der Waals surface area contributed by atoms with Gasteiger partial charge in [0.2, 0.25) is 5.91 Å². The van der Waals surface area contributed by atoms with Crippen LogP contribution in [-0.4, -0.2) is 57.6 Å². The van der Waals surface area contributed by atoms with E-state index in [1.807, 2.05) is 48.7 Å². The summed E-state index contributed by atoms with van der Waals surface area (Å²) < 4.78 is 1.65. The minimum Gasteiger partial charge on any atom is -0.399 e. The van der Waals surface area contributed by atoms with Crippen LogP contribution in [0.25, 0.3) is 10.9 Å². The Labute approximate surface area is 157 Å². The van der Waals surface area contributed by atoms with Crippen molar-refractivity contribution in [1.82, 2.24) is 19.6 Å². The van der Waals surface area contributed by atoms with Gasteiger partial charge in [0.25, 0.3) is 5.91 Å². The molecular formula is C20H21N5O2. The highest BCUT2D eigenvalue weighted by molar-refractivity contribution is 5.94. The first kappa shape index (κ1) is 17.1. The SMILES string of the molecule is Nc1ccc2nn(CC(=O)N3CCN(C(=O)c4ccccc4)CC3)cc2c1. The molecule has 7 nitrogen and oxygen atoms in total. The summed E-state index contributed by atoms with van der Waals surface area (Å²) in [7, 11) is 0. The van der Waals surface area contributed by atoms with Gasteiger partial charge in [0.05, 0.1) is 5.52 Å². The fourth-order valence-electron chi connectivity index (χ4n) is 3.34. The molecule has 0 unspecified atom stereocenters. The highest BCUT2D eigenvalue weighted by Crippen LogP contribution is 2.16. The molecule has 2 N–H and O–H groups in total. The Morgan fingerprint density at radius 2 is 1.67 bits per heavy atom. The van der Waals surface area contributed by atoms with Crippen molar-refractivity contribution in [3.8, 4) is 0 Å². The maximum atomic E-state index is 12.6. The first-order chi connectivity index (χ1) is 13.1. The zero-order valence-electron chi connectivity index (χ0n) is 14.9. The zero-order valence-corrected chi connectivity index (χ0v) is 14.9. The first-order valence-electron chi connectivity index (χ1n) is 8.95. The molecule has 0 radical (unpaired) electrons. The molecule has 0 aliphatic carbocycles. The third-order valence-electron chi connectivity index (χ3n) is 4.81. The lowest BCUT2D eigenvalue weighted by Gasteiger charge is -2.34. The van der Waals surface area contributed by atoms with Crippen LogP contribution in [0, 0.1) is 0 Å². The molecule has 0 spiro atoms. The highest BCUT2D eigenvalue weighted by atomic mass is 16.2. The van der Waals surface area contributed by atoms with Crippen LogP contribution in [0.3, 0.4) is 0 Å². The summed E-state index contributed by atoms with van der Waals surface area (Å²) in [6.07, 6.45) is 1.83. The van der Waals surface area contributed by atoms with Crippen molar-refractivity contribution in [1.29, 1.82) is 0 Å². The van der Waals surface area contributed by atoms with Crippen LogP contribution >= 0.6 is 0 Å². The summed E-state index contributed by atoms with van der Waals surface area (Å²) in [5, 5.41) is 5.34. The van der Waals surface area contributed by atoms with Gasteiger partial charge in [0.15, 0.2) is 0 Å². The van der Waals surface area contributed by atoms with E-state index in [2.05, 4.69) is 5.10 Å². The molecule has 0 saturated carbocycles. The average Bonchev–Trinajstić information content (AvgIpc) is 3.09. The average molecular weight is 363 g/mol. The van der Waals surface area contributed by atoms with Gasteiger partial charge in [-0.05, 0) is 30.3 Å². The number of hydrogen-bond acceptors (Lipinski definition) is 4. The van der Waals surface area contributed by atoms with Crippen molar-refractivity contribution >= 4 is 28.4 Å². The van der Waals surface area contributed by atoms with Gasteiger partial charge in [0.1, 0.15) is 6.54 Å². The number of nitrogens with two attached hydrogens (primary N) is 1. The van der Waals surface area contributed by atoms with E-state index in [1.165, 1.54) is 0 Å². The molecule has 2 heterocycles. The lowest BCUT2D eigenvalue weighted by molar-refractivity contribution is -0.133. The number of fused-ring (bicyclic) bond motifs is 1. The van der Waals surface area contributed by atoms with Gasteiger partial charge in [-0.15, -0.1) is 0 Å². The number of nitrogen functional groups attached to an aromatic ring is 1. The Morgan fingerprint density at radius 3 is 2.41 bits per heavy atom. The van der Waals surface area contributed by atoms with Crippen LogP contribution in [0.2, 0.25) is 0 Å². The molecule has 1 aliphatic heterocycles. The number of carbonyl (C=O) groups is 2. The predicted molar refractivity (Wildman–Crippen MR) is 103 cm³/mol. The second-order valence-electron chi connectivity index (χ2n) is 6.68. The van der Waals surface area contributed by atoms with Gasteiger partial charge in [-0.25, -0.2) is 0 Å². The summed E-state index contributed by atoms with van der Waals surface area (Å²) in [6, 6.07) is 14.7. The van der Waals surface area contributed by atoms with Gasteiger partial charge in [-0.1, -0.05) is 18.2 Å². The molecular weight excluding hydrogens is 342 g/mol. The lowest BCUT2D eigenvalue weighted by Crippen LogP contribution is -2.51. The molecule has 0 bridgehead atoms. The number of piperazine rings is 1. The van der Waals surface area contributed by atoms with Crippen molar-refractivity contribution < 1.29 is 9.59 Å². The number of carbonyl (C=O) groups excluding carboxylic acids is 2. The van der Waals surface area contributed by atoms with Crippen molar-refractivity contribution in [3.63, 3.8) is 0 Å². The van der Waals surface area contributed by atoms with Crippen LogP contribution in [0.4, 0.5) is 5.69 Å². The summed E-state index contributed by atoms with van der Waals surface area (Å²) in [6.45, 7) is 2.33. The number of amides is 2. The molecule has 2 amide bonds. The molecule has 1 fully saturated rings. The summed E-state index contributed by atoms with van der Waals surface area (Å²) in [4.78, 5) is 28.7. The fraction of sp³-hybridized carbons (Fsp3) is 0.250. The molecule has 1 aromatic heterocycles. The quantitative estimate of drug-likeness (QED) is 0.717. The highest BCUT2D eigenvalue weighted by Gasteiger charge is 2.25. The summed E-state index contributed by atoms with van der Waals surface area (Å²) in [5.41, 5.74) is 7.96. The van der Waals surface area contributed by atoms with E-state index < -0.39 is 0 Å². The molecule has 1 aliphatic rings. The normalized spacial score (nSPS) is 14.5. The van der Waals surface area contributed by atoms with Crippen LogP contribution < -0.4 is 5.73 Å². The Hall–Kier alpha value is -3.35. The van der Waals surface area contributed by atoms with E-state index in [0.29, 0.717) is 37.4 Å². The Morgan fingerprint density at radius 1 is 0.963 bits per heavy atom. The van der Waals surface area contributed by atoms with E-state index in [1.54, 1.807) is 20.5 Å². The van der Waals surface area contributed by atoms with Crippen LogP contribution in [-0.2, 0) is 11.3 Å². The maximum Gasteiger partial charge on any atom is 0.253 e. The molecule has 3 aromatic rings. The van der Waals surface area contributed by atoms with E-state index in [9.17, 15) is 9.59 Å². The van der Waals surface area contributed by atoms with E-state index in [4.69, 9.17) is 5.73 Å². The van der Waals surface area contributed by atoms with Gasteiger partial charge in [-0.3, -0.25) is 14.3 Å². The minimum absolute atomic E-state index is 0.00240. The number of anilines is 1. The lowest BCUT2D eigenvalue weighted by atomic mass is 10.2. The third kappa shape index (κ3) is 3.62. The van der Waals surface area contributed by atoms with Gasteiger partial charge >= 0.3 is 0 Å². The second-order valence-corrected chi connectivity index (χ2v) is 6.68. The van der Waals surface area contributed by atoms with Crippen LogP contribution in [0.1, 0.15) is 10.4 Å². The summed E-state index contributed by atoms with van der Waals surface area (Å²) in [5.74, 6) is 0.0150. The molecule has 2 aromatic carbocycles. The minimum atomic E-state index is 0.00240. The summed E-state index contributed by atoms with van der Waals surface area (Å²) >= 11 is 0. The monoisotopic (exact) mass is 363 g/mol. The predicted octanol–water partition coefficient (Wildman–Crippen LogP) is 1.60. The van der Waals surface area contributed by atoms with Crippen LogP contribution in [0.5, 0.6) is 0 Å². The molecule has 1 saturated heterocycles. The first-order valence-corrected chi connectivity index (χ1v) is 8.95. The Bertz CT molecular complexity index is 974. The molecule has 138 valence electrons. The molecule has 4 rings (SSSR count). The topological polar surface area (TPSA) is 84.5 Å². The van der Waals surface area contributed by atoms with E-state index >= 15 is 0 Å². The second kappa shape index (κ2) is 7.11. The zero-order chi connectivity index (χ0) is 18.8. The molecule has 0 atom stereocenters. The molecule has 27 heavy (non-hydrogen) atoms. The number of aromatic nitrogens is 2. The number of hydrogen-bond donors (Lipinski definition) is 1.